The molecule has 2 rings (SSSR count). The predicted molar refractivity (Wildman–Crippen MR) is 100 cm³/mol. The molecule has 0 atom stereocenters. The van der Waals surface area contributed by atoms with E-state index < -0.39 is 0 Å². The molecule has 0 fully saturated rings. The van der Waals surface area contributed by atoms with Gasteiger partial charge < -0.3 is 14.8 Å². The summed E-state index contributed by atoms with van der Waals surface area (Å²) in [5.74, 6) is 1.15. The molecule has 1 N–H and O–H groups in total. The fourth-order valence-electron chi connectivity index (χ4n) is 2.10. The third-order valence-corrected chi connectivity index (χ3v) is 3.63. The van der Waals surface area contributed by atoms with Crippen LogP contribution in [-0.2, 0) is 0 Å². The van der Waals surface area contributed by atoms with Gasteiger partial charge in [0.1, 0.15) is 11.5 Å². The number of hydrogen-bond donors (Lipinski definition) is 1. The molecule has 0 unspecified atom stereocenters. The number of amides is 1. The summed E-state index contributed by atoms with van der Waals surface area (Å²) >= 11 is 3.40. The van der Waals surface area contributed by atoms with Crippen molar-refractivity contribution >= 4 is 27.5 Å². The molecule has 0 saturated heterocycles. The molecule has 0 heterocycles. The van der Waals surface area contributed by atoms with Crippen molar-refractivity contribution in [2.75, 3.05) is 11.9 Å². The number of anilines is 1. The van der Waals surface area contributed by atoms with Crippen molar-refractivity contribution in [1.29, 1.82) is 0 Å². The number of ether oxygens (including phenoxy) is 2. The first-order valence-electron chi connectivity index (χ1n) is 8.00. The van der Waals surface area contributed by atoms with E-state index in [0.29, 0.717) is 23.6 Å². The topological polar surface area (TPSA) is 47.6 Å². The van der Waals surface area contributed by atoms with E-state index >= 15 is 0 Å². The van der Waals surface area contributed by atoms with Crippen LogP contribution >= 0.6 is 15.9 Å². The van der Waals surface area contributed by atoms with E-state index in [1.165, 1.54) is 0 Å². The fourth-order valence-corrected chi connectivity index (χ4v) is 2.47. The van der Waals surface area contributed by atoms with Crippen LogP contribution in [-0.4, -0.2) is 18.6 Å². The molecule has 0 bridgehead atoms. The van der Waals surface area contributed by atoms with E-state index in [9.17, 15) is 4.79 Å². The molecule has 5 heteroatoms. The van der Waals surface area contributed by atoms with Gasteiger partial charge in [-0.2, -0.15) is 0 Å². The highest BCUT2D eigenvalue weighted by Crippen LogP contribution is 2.25. The Hall–Kier alpha value is -2.01. The summed E-state index contributed by atoms with van der Waals surface area (Å²) in [6.45, 7) is 6.55. The van der Waals surface area contributed by atoms with E-state index in [1.807, 2.05) is 51.1 Å². The number of benzene rings is 2. The minimum Gasteiger partial charge on any atom is -0.493 e. The molecule has 4 nitrogen and oxygen atoms in total. The minimum absolute atomic E-state index is 0.116. The number of hydrogen-bond acceptors (Lipinski definition) is 3. The monoisotopic (exact) mass is 391 g/mol. The summed E-state index contributed by atoms with van der Waals surface area (Å²) in [5.41, 5.74) is 1.21. The molecule has 0 aliphatic heterocycles. The van der Waals surface area contributed by atoms with Crippen LogP contribution in [0.1, 0.15) is 37.6 Å². The molecule has 128 valence electrons. The average Bonchev–Trinajstić information content (AvgIpc) is 2.55. The SMILES string of the molecule is CCCOc1ccc(Br)cc1C(=O)Nc1ccc(OC(C)C)cc1. The Kier molecular flexibility index (Phi) is 6.67. The quantitative estimate of drug-likeness (QED) is 0.698. The second-order valence-electron chi connectivity index (χ2n) is 5.63. The van der Waals surface area contributed by atoms with Crippen LogP contribution in [0.3, 0.4) is 0 Å². The fraction of sp³-hybridized carbons (Fsp3) is 0.316. The van der Waals surface area contributed by atoms with Gasteiger partial charge >= 0.3 is 0 Å². The summed E-state index contributed by atoms with van der Waals surface area (Å²) in [4.78, 5) is 12.6. The Morgan fingerprint density at radius 3 is 2.50 bits per heavy atom. The van der Waals surface area contributed by atoms with Crippen LogP contribution in [0.15, 0.2) is 46.9 Å². The van der Waals surface area contributed by atoms with Crippen LogP contribution in [0.5, 0.6) is 11.5 Å². The van der Waals surface area contributed by atoms with Crippen LogP contribution in [0.25, 0.3) is 0 Å². The Labute approximate surface area is 151 Å². The van der Waals surface area contributed by atoms with Crippen LogP contribution in [0.4, 0.5) is 5.69 Å². The minimum atomic E-state index is -0.208. The number of rotatable bonds is 7. The number of nitrogens with one attached hydrogen (secondary N) is 1. The first-order valence-corrected chi connectivity index (χ1v) is 8.79. The highest BCUT2D eigenvalue weighted by Gasteiger charge is 2.14. The summed E-state index contributed by atoms with van der Waals surface area (Å²) in [7, 11) is 0. The Balaban J connectivity index is 2.12. The van der Waals surface area contributed by atoms with Crippen LogP contribution in [0.2, 0.25) is 0 Å². The molecule has 2 aromatic carbocycles. The van der Waals surface area contributed by atoms with Gasteiger partial charge in [-0.1, -0.05) is 22.9 Å². The van der Waals surface area contributed by atoms with Crippen molar-refractivity contribution in [2.45, 2.75) is 33.3 Å². The van der Waals surface area contributed by atoms with Gasteiger partial charge in [0.15, 0.2) is 0 Å². The van der Waals surface area contributed by atoms with Crippen molar-refractivity contribution in [2.24, 2.45) is 0 Å². The van der Waals surface area contributed by atoms with E-state index in [-0.39, 0.29) is 12.0 Å². The van der Waals surface area contributed by atoms with E-state index in [4.69, 9.17) is 9.47 Å². The summed E-state index contributed by atoms with van der Waals surface area (Å²) in [5, 5.41) is 2.89. The zero-order chi connectivity index (χ0) is 17.5. The molecule has 24 heavy (non-hydrogen) atoms. The Morgan fingerprint density at radius 2 is 1.88 bits per heavy atom. The first-order chi connectivity index (χ1) is 11.5. The summed E-state index contributed by atoms with van der Waals surface area (Å²) < 4.78 is 12.1. The summed E-state index contributed by atoms with van der Waals surface area (Å²) in [6, 6.07) is 12.7. The number of carbonyl (C=O) groups excluding carboxylic acids is 1. The largest absolute Gasteiger partial charge is 0.493 e. The van der Waals surface area contributed by atoms with E-state index in [0.717, 1.165) is 16.6 Å². The molecular formula is C19H22BrNO3. The Bertz CT molecular complexity index is 684. The first kappa shape index (κ1) is 18.3. The van der Waals surface area contributed by atoms with E-state index in [1.54, 1.807) is 12.1 Å². The molecule has 0 spiro atoms. The third-order valence-electron chi connectivity index (χ3n) is 3.13. The van der Waals surface area contributed by atoms with Crippen LogP contribution < -0.4 is 14.8 Å². The molecule has 2 aromatic rings. The maximum Gasteiger partial charge on any atom is 0.259 e. The lowest BCUT2D eigenvalue weighted by Crippen LogP contribution is -2.14. The maximum absolute atomic E-state index is 12.6. The molecule has 0 radical (unpaired) electrons. The highest BCUT2D eigenvalue weighted by atomic mass is 79.9. The molecule has 0 saturated carbocycles. The number of halogens is 1. The lowest BCUT2D eigenvalue weighted by Gasteiger charge is -2.13. The van der Waals surface area contributed by atoms with Gasteiger partial charge in [-0.15, -0.1) is 0 Å². The second-order valence-corrected chi connectivity index (χ2v) is 6.55. The normalized spacial score (nSPS) is 10.5. The van der Waals surface area contributed by atoms with E-state index in [2.05, 4.69) is 21.2 Å². The zero-order valence-electron chi connectivity index (χ0n) is 14.1. The van der Waals surface area contributed by atoms with Crippen LogP contribution in [0, 0.1) is 0 Å². The predicted octanol–water partition coefficient (Wildman–Crippen LogP) is 5.28. The van der Waals surface area contributed by atoms with Gasteiger partial charge in [0, 0.05) is 10.2 Å². The summed E-state index contributed by atoms with van der Waals surface area (Å²) in [6.07, 6.45) is 0.999. The standard InChI is InChI=1S/C19H22BrNO3/c1-4-11-23-18-10-5-14(20)12-17(18)19(22)21-15-6-8-16(9-7-15)24-13(2)3/h5-10,12-13H,4,11H2,1-3H3,(H,21,22). The second kappa shape index (κ2) is 8.73. The Morgan fingerprint density at radius 1 is 1.17 bits per heavy atom. The van der Waals surface area contributed by atoms with Gasteiger partial charge in [-0.25, -0.2) is 0 Å². The van der Waals surface area contributed by atoms with Crippen molar-refractivity contribution < 1.29 is 14.3 Å². The van der Waals surface area contributed by atoms with Gasteiger partial charge in [0.2, 0.25) is 0 Å². The number of carbonyl (C=O) groups is 1. The molecule has 0 aliphatic rings. The molecule has 0 aromatic heterocycles. The third kappa shape index (κ3) is 5.27. The van der Waals surface area contributed by atoms with Crippen molar-refractivity contribution in [3.05, 3.63) is 52.5 Å². The smallest absolute Gasteiger partial charge is 0.259 e. The lowest BCUT2D eigenvalue weighted by molar-refractivity contribution is 0.102. The van der Waals surface area contributed by atoms with Crippen molar-refractivity contribution in [1.82, 2.24) is 0 Å². The van der Waals surface area contributed by atoms with Crippen molar-refractivity contribution in [3.63, 3.8) is 0 Å². The van der Waals surface area contributed by atoms with Gasteiger partial charge in [-0.3, -0.25) is 4.79 Å². The van der Waals surface area contributed by atoms with Gasteiger partial charge in [0.25, 0.3) is 5.91 Å². The zero-order valence-corrected chi connectivity index (χ0v) is 15.7. The molecule has 1 amide bonds. The van der Waals surface area contributed by atoms with Crippen molar-refractivity contribution in [3.8, 4) is 11.5 Å². The van der Waals surface area contributed by atoms with Gasteiger partial charge in [-0.05, 0) is 62.7 Å². The molecular weight excluding hydrogens is 370 g/mol. The van der Waals surface area contributed by atoms with Gasteiger partial charge in [0.05, 0.1) is 18.3 Å². The average molecular weight is 392 g/mol. The lowest BCUT2D eigenvalue weighted by atomic mass is 10.2. The highest BCUT2D eigenvalue weighted by molar-refractivity contribution is 9.10. The maximum atomic E-state index is 12.6. The molecule has 0 aliphatic carbocycles.